The first-order valence-corrected chi connectivity index (χ1v) is 11.6. The lowest BCUT2D eigenvalue weighted by Crippen LogP contribution is -2.62. The summed E-state index contributed by atoms with van der Waals surface area (Å²) in [5, 5.41) is 0. The van der Waals surface area contributed by atoms with Crippen LogP contribution >= 0.6 is 0 Å². The summed E-state index contributed by atoms with van der Waals surface area (Å²) < 4.78 is 39.0. The Morgan fingerprint density at radius 2 is 1.61 bits per heavy atom. The number of Topliss-reactive ketones (excluding diaryl/α,β-unsaturated/α-hetero) is 2. The summed E-state index contributed by atoms with van der Waals surface area (Å²) in [5.41, 5.74) is 0.284. The maximum absolute atomic E-state index is 13.5. The first-order chi connectivity index (χ1) is 17.0. The normalized spacial score (nSPS) is 29.6. The molecule has 0 amide bonds. The number of allylic oxidation sites excluding steroid dienone is 5. The number of hydrogen-bond acceptors (Lipinski definition) is 10. The van der Waals surface area contributed by atoms with Crippen LogP contribution in [0.4, 0.5) is 0 Å². The van der Waals surface area contributed by atoms with Gasteiger partial charge in [0.25, 0.3) is 5.78 Å². The molecule has 10 nitrogen and oxygen atoms in total. The molecule has 5 atom stereocenters. The topological polar surface area (TPSA) is 116 Å². The van der Waals surface area contributed by atoms with Gasteiger partial charge in [0.05, 0.1) is 11.1 Å². The molecule has 1 fully saturated rings. The van der Waals surface area contributed by atoms with E-state index in [4.69, 9.17) is 33.2 Å². The van der Waals surface area contributed by atoms with Crippen molar-refractivity contribution in [3.63, 3.8) is 0 Å². The minimum absolute atomic E-state index is 0.0485. The largest absolute Gasteiger partial charge is 0.479 e. The summed E-state index contributed by atoms with van der Waals surface area (Å²) in [6.07, 6.45) is 0.433. The van der Waals surface area contributed by atoms with Gasteiger partial charge in [0.2, 0.25) is 0 Å². The van der Waals surface area contributed by atoms with Crippen LogP contribution in [0.15, 0.2) is 46.5 Å². The van der Waals surface area contributed by atoms with Gasteiger partial charge in [0.15, 0.2) is 29.7 Å². The maximum atomic E-state index is 13.5. The number of carbonyl (C=O) groups excluding carboxylic acids is 3. The van der Waals surface area contributed by atoms with Gasteiger partial charge < -0.3 is 33.2 Å². The molecule has 198 valence electrons. The Kier molecular flexibility index (Phi) is 8.68. The van der Waals surface area contributed by atoms with E-state index in [9.17, 15) is 14.4 Å². The SMILES string of the molecule is CO[C@H]1O[C@H](C(=O)OC2=C(CC=C(C)C)C(=O)C3=C(OC(C)(C)C=C3)C2=O)[C@@H](OC)[C@H](OC)[C@H]1OC. The second-order valence-electron chi connectivity index (χ2n) is 9.42. The lowest BCUT2D eigenvalue weighted by Gasteiger charge is -2.43. The second-order valence-corrected chi connectivity index (χ2v) is 9.42. The van der Waals surface area contributed by atoms with Gasteiger partial charge in [-0.05, 0) is 46.3 Å². The third kappa shape index (κ3) is 5.37. The van der Waals surface area contributed by atoms with E-state index < -0.39 is 59.6 Å². The molecule has 0 radical (unpaired) electrons. The van der Waals surface area contributed by atoms with Crippen molar-refractivity contribution in [3.8, 4) is 0 Å². The van der Waals surface area contributed by atoms with Crippen molar-refractivity contribution in [2.24, 2.45) is 0 Å². The molecule has 36 heavy (non-hydrogen) atoms. The molecule has 0 aromatic carbocycles. The highest BCUT2D eigenvalue weighted by molar-refractivity contribution is 6.25. The van der Waals surface area contributed by atoms with Crippen LogP contribution in [0.5, 0.6) is 0 Å². The van der Waals surface area contributed by atoms with Crippen LogP contribution in [0.2, 0.25) is 0 Å². The van der Waals surface area contributed by atoms with Crippen molar-refractivity contribution in [1.82, 2.24) is 0 Å². The van der Waals surface area contributed by atoms with E-state index in [0.717, 1.165) is 5.57 Å². The number of ketones is 2. The van der Waals surface area contributed by atoms with Crippen molar-refractivity contribution >= 4 is 17.5 Å². The fraction of sp³-hybridized carbons (Fsp3) is 0.577. The van der Waals surface area contributed by atoms with Gasteiger partial charge in [-0.15, -0.1) is 0 Å². The number of hydrogen-bond donors (Lipinski definition) is 0. The molecule has 2 aliphatic heterocycles. The van der Waals surface area contributed by atoms with Gasteiger partial charge in [-0.2, -0.15) is 0 Å². The Labute approximate surface area is 210 Å². The molecule has 0 aromatic heterocycles. The standard InChI is InChI=1S/C26H34O10/c1-13(2)9-10-14-16(27)15-11-12-26(3,4)36-19(15)17(28)18(14)34-24(29)22-20(30-5)21(31-6)23(32-7)25(33-8)35-22/h9,11-12,20-23,25H,10H2,1-8H3/t20-,21-,22-,23+,25-/m0/s1. The summed E-state index contributed by atoms with van der Waals surface area (Å²) >= 11 is 0. The quantitative estimate of drug-likeness (QED) is 0.276. The fourth-order valence-electron chi connectivity index (χ4n) is 4.29. The van der Waals surface area contributed by atoms with Crippen LogP contribution < -0.4 is 0 Å². The molecule has 10 heteroatoms. The first-order valence-electron chi connectivity index (χ1n) is 11.6. The number of rotatable bonds is 8. The van der Waals surface area contributed by atoms with E-state index in [1.54, 1.807) is 32.1 Å². The van der Waals surface area contributed by atoms with Crippen molar-refractivity contribution in [2.75, 3.05) is 28.4 Å². The average molecular weight is 507 g/mol. The minimum atomic E-state index is -1.34. The van der Waals surface area contributed by atoms with Crippen LogP contribution in [0.25, 0.3) is 0 Å². The van der Waals surface area contributed by atoms with E-state index in [0.29, 0.717) is 0 Å². The van der Waals surface area contributed by atoms with Crippen LogP contribution in [0.1, 0.15) is 34.1 Å². The third-order valence-corrected chi connectivity index (χ3v) is 6.16. The molecule has 1 aliphatic carbocycles. The Bertz CT molecular complexity index is 1030. The van der Waals surface area contributed by atoms with Crippen molar-refractivity contribution in [3.05, 3.63) is 46.5 Å². The van der Waals surface area contributed by atoms with Gasteiger partial charge in [0, 0.05) is 28.4 Å². The predicted octanol–water partition coefficient (Wildman–Crippen LogP) is 2.33. The maximum Gasteiger partial charge on any atom is 0.343 e. The Balaban J connectivity index is 1.99. The molecule has 2 heterocycles. The molecule has 0 spiro atoms. The van der Waals surface area contributed by atoms with Gasteiger partial charge in [0.1, 0.15) is 23.9 Å². The van der Waals surface area contributed by atoms with Crippen molar-refractivity contribution in [2.45, 2.75) is 70.4 Å². The first kappa shape index (κ1) is 27.9. The van der Waals surface area contributed by atoms with Gasteiger partial charge in [-0.1, -0.05) is 11.6 Å². The lowest BCUT2D eigenvalue weighted by molar-refractivity contribution is -0.299. The zero-order valence-electron chi connectivity index (χ0n) is 21.9. The number of esters is 1. The van der Waals surface area contributed by atoms with E-state index in [-0.39, 0.29) is 23.3 Å². The summed E-state index contributed by atoms with van der Waals surface area (Å²) in [6, 6.07) is 0. The molecule has 3 aliphatic rings. The number of methoxy groups -OCH3 is 4. The number of carbonyl (C=O) groups is 3. The second kappa shape index (κ2) is 11.2. The predicted molar refractivity (Wildman–Crippen MR) is 127 cm³/mol. The van der Waals surface area contributed by atoms with Crippen molar-refractivity contribution < 1.29 is 47.5 Å². The molecule has 1 saturated heterocycles. The molecule has 0 unspecified atom stereocenters. The molecular formula is C26H34O10. The van der Waals surface area contributed by atoms with Crippen LogP contribution in [0, 0.1) is 0 Å². The zero-order valence-corrected chi connectivity index (χ0v) is 21.9. The average Bonchev–Trinajstić information content (AvgIpc) is 2.84. The Morgan fingerprint density at radius 3 is 2.17 bits per heavy atom. The highest BCUT2D eigenvalue weighted by Gasteiger charge is 2.52. The van der Waals surface area contributed by atoms with Gasteiger partial charge in [-0.3, -0.25) is 9.59 Å². The van der Waals surface area contributed by atoms with Crippen molar-refractivity contribution in [1.29, 1.82) is 0 Å². The highest BCUT2D eigenvalue weighted by Crippen LogP contribution is 2.36. The van der Waals surface area contributed by atoms with Gasteiger partial charge in [-0.25, -0.2) is 4.79 Å². The minimum Gasteiger partial charge on any atom is -0.479 e. The molecule has 3 rings (SSSR count). The Hall–Kier alpha value is -2.63. The number of ether oxygens (including phenoxy) is 7. The van der Waals surface area contributed by atoms with Crippen LogP contribution in [-0.4, -0.2) is 82.3 Å². The van der Waals surface area contributed by atoms with E-state index in [1.165, 1.54) is 28.4 Å². The van der Waals surface area contributed by atoms with Crippen LogP contribution in [0.3, 0.4) is 0 Å². The van der Waals surface area contributed by atoms with E-state index in [1.807, 2.05) is 13.8 Å². The Morgan fingerprint density at radius 1 is 0.972 bits per heavy atom. The fourth-order valence-corrected chi connectivity index (χ4v) is 4.29. The lowest BCUT2D eigenvalue weighted by atomic mass is 9.87. The molecular weight excluding hydrogens is 472 g/mol. The highest BCUT2D eigenvalue weighted by atomic mass is 16.7. The van der Waals surface area contributed by atoms with Gasteiger partial charge >= 0.3 is 5.97 Å². The summed E-state index contributed by atoms with van der Waals surface area (Å²) in [7, 11) is 5.67. The third-order valence-electron chi connectivity index (χ3n) is 6.16. The summed E-state index contributed by atoms with van der Waals surface area (Å²) in [5.74, 6) is -2.65. The molecule has 0 saturated carbocycles. The van der Waals surface area contributed by atoms with Crippen LogP contribution in [-0.2, 0) is 47.5 Å². The summed E-state index contributed by atoms with van der Waals surface area (Å²) in [6.45, 7) is 7.22. The smallest absolute Gasteiger partial charge is 0.343 e. The molecule has 0 N–H and O–H groups in total. The monoisotopic (exact) mass is 506 g/mol. The molecule has 0 bridgehead atoms. The zero-order chi connectivity index (χ0) is 26.8. The molecule has 0 aromatic rings. The van der Waals surface area contributed by atoms with E-state index in [2.05, 4.69) is 0 Å². The summed E-state index contributed by atoms with van der Waals surface area (Å²) in [4.78, 5) is 40.3. The van der Waals surface area contributed by atoms with E-state index >= 15 is 0 Å².